The number of hydrogen-bond donors (Lipinski definition) is 2. The molecule has 0 aromatic carbocycles. The van der Waals surface area contributed by atoms with Gasteiger partial charge in [-0.2, -0.15) is 0 Å². The van der Waals surface area contributed by atoms with Crippen molar-refractivity contribution >= 4 is 5.97 Å². The molecule has 2 unspecified atom stereocenters. The molecule has 1 aliphatic carbocycles. The van der Waals surface area contributed by atoms with Crippen LogP contribution in [0, 0.1) is 17.8 Å². The summed E-state index contributed by atoms with van der Waals surface area (Å²) in [6.07, 6.45) is 3.57. The molecule has 82 valence electrons. The predicted molar refractivity (Wildman–Crippen MR) is 53.9 cm³/mol. The van der Waals surface area contributed by atoms with Gasteiger partial charge < -0.3 is 10.2 Å². The van der Waals surface area contributed by atoms with Gasteiger partial charge in [-0.3, -0.25) is 4.79 Å². The molecule has 3 nitrogen and oxygen atoms in total. The molecule has 1 fully saturated rings. The monoisotopic (exact) mass is 200 g/mol. The van der Waals surface area contributed by atoms with E-state index in [0.717, 1.165) is 25.7 Å². The van der Waals surface area contributed by atoms with E-state index in [-0.39, 0.29) is 11.8 Å². The minimum atomic E-state index is -0.862. The second-order valence-electron chi connectivity index (χ2n) is 4.64. The lowest BCUT2D eigenvalue weighted by Crippen LogP contribution is -2.36. The molecule has 0 heterocycles. The Morgan fingerprint density at radius 1 is 1.29 bits per heavy atom. The molecule has 0 bridgehead atoms. The van der Waals surface area contributed by atoms with Crippen LogP contribution in [-0.2, 0) is 4.79 Å². The maximum Gasteiger partial charge on any atom is 0.309 e. The van der Waals surface area contributed by atoms with Crippen LogP contribution in [0.4, 0.5) is 0 Å². The van der Waals surface area contributed by atoms with Gasteiger partial charge in [0, 0.05) is 0 Å². The van der Waals surface area contributed by atoms with E-state index >= 15 is 0 Å². The first-order chi connectivity index (χ1) is 6.54. The van der Waals surface area contributed by atoms with Crippen LogP contribution in [0.3, 0.4) is 0 Å². The van der Waals surface area contributed by atoms with Crippen molar-refractivity contribution < 1.29 is 15.0 Å². The average Bonchev–Trinajstić information content (AvgIpc) is 2.53. The van der Waals surface area contributed by atoms with Crippen LogP contribution in [0.5, 0.6) is 0 Å². The fraction of sp³-hybridized carbons (Fsp3) is 0.909. The van der Waals surface area contributed by atoms with Crippen LogP contribution in [0.1, 0.15) is 39.5 Å². The van der Waals surface area contributed by atoms with E-state index in [1.807, 2.05) is 13.8 Å². The Hall–Kier alpha value is -0.570. The van der Waals surface area contributed by atoms with Crippen LogP contribution in [0.15, 0.2) is 0 Å². The highest BCUT2D eigenvalue weighted by atomic mass is 16.4. The Balaban J connectivity index is 2.62. The maximum atomic E-state index is 11.0. The van der Waals surface area contributed by atoms with Crippen molar-refractivity contribution in [2.45, 2.75) is 45.6 Å². The molecule has 14 heavy (non-hydrogen) atoms. The highest BCUT2D eigenvalue weighted by Crippen LogP contribution is 2.33. The normalized spacial score (nSPS) is 22.6. The van der Waals surface area contributed by atoms with Gasteiger partial charge in [-0.05, 0) is 24.7 Å². The standard InChI is InChI=1S/C11H20O3/c1-7(2)9(11(13)14)10(12)8-5-3-4-6-8/h7-10,12H,3-6H2,1-2H3,(H,13,14). The molecule has 0 spiro atoms. The van der Waals surface area contributed by atoms with Gasteiger partial charge in [-0.25, -0.2) is 0 Å². The zero-order valence-electron chi connectivity index (χ0n) is 8.94. The number of aliphatic hydroxyl groups excluding tert-OH is 1. The maximum absolute atomic E-state index is 11.0. The van der Waals surface area contributed by atoms with Gasteiger partial charge in [0.05, 0.1) is 12.0 Å². The number of carboxylic acid groups (broad SMARTS) is 1. The fourth-order valence-corrected chi connectivity index (χ4v) is 2.42. The van der Waals surface area contributed by atoms with Crippen LogP contribution >= 0.6 is 0 Å². The first-order valence-corrected chi connectivity index (χ1v) is 5.45. The Bertz CT molecular complexity index is 195. The van der Waals surface area contributed by atoms with E-state index in [0.29, 0.717) is 0 Å². The summed E-state index contributed by atoms with van der Waals surface area (Å²) in [7, 11) is 0. The lowest BCUT2D eigenvalue weighted by molar-refractivity contribution is -0.149. The molecule has 0 aliphatic heterocycles. The number of carboxylic acids is 1. The molecule has 1 rings (SSSR count). The van der Waals surface area contributed by atoms with E-state index in [9.17, 15) is 9.90 Å². The summed E-state index contributed by atoms with van der Waals surface area (Å²) in [6.45, 7) is 3.72. The van der Waals surface area contributed by atoms with E-state index in [4.69, 9.17) is 5.11 Å². The van der Waals surface area contributed by atoms with E-state index in [2.05, 4.69) is 0 Å². The fourth-order valence-electron chi connectivity index (χ4n) is 2.42. The summed E-state index contributed by atoms with van der Waals surface area (Å²) in [6, 6.07) is 0. The molecule has 0 aromatic rings. The highest BCUT2D eigenvalue weighted by molar-refractivity contribution is 5.71. The predicted octanol–water partition coefficient (Wildman–Crippen LogP) is 1.89. The van der Waals surface area contributed by atoms with E-state index < -0.39 is 18.0 Å². The van der Waals surface area contributed by atoms with Crippen LogP contribution < -0.4 is 0 Å². The molecule has 0 radical (unpaired) electrons. The van der Waals surface area contributed by atoms with Gasteiger partial charge >= 0.3 is 5.97 Å². The highest BCUT2D eigenvalue weighted by Gasteiger charge is 2.35. The summed E-state index contributed by atoms with van der Waals surface area (Å²) >= 11 is 0. The summed E-state index contributed by atoms with van der Waals surface area (Å²) in [5.74, 6) is -1.25. The molecule has 0 aromatic heterocycles. The van der Waals surface area contributed by atoms with Crippen molar-refractivity contribution in [2.24, 2.45) is 17.8 Å². The molecule has 0 saturated heterocycles. The largest absolute Gasteiger partial charge is 0.481 e. The summed E-state index contributed by atoms with van der Waals surface area (Å²) in [5, 5.41) is 19.0. The third kappa shape index (κ3) is 2.47. The molecule has 3 heteroatoms. The minimum absolute atomic E-state index is 0.00287. The molecule has 2 N–H and O–H groups in total. The second-order valence-corrected chi connectivity index (χ2v) is 4.64. The first-order valence-electron chi connectivity index (χ1n) is 5.45. The number of aliphatic hydroxyl groups is 1. The van der Waals surface area contributed by atoms with E-state index in [1.165, 1.54) is 0 Å². The zero-order valence-corrected chi connectivity index (χ0v) is 8.94. The Kier molecular flexibility index (Phi) is 3.93. The number of carbonyl (C=O) groups is 1. The summed E-state index contributed by atoms with van der Waals surface area (Å²) in [4.78, 5) is 11.0. The Labute approximate surface area is 85.1 Å². The van der Waals surface area contributed by atoms with Gasteiger partial charge in [-0.15, -0.1) is 0 Å². The van der Waals surface area contributed by atoms with Crippen LogP contribution in [0.2, 0.25) is 0 Å². The van der Waals surface area contributed by atoms with Gasteiger partial charge in [0.15, 0.2) is 0 Å². The lowest BCUT2D eigenvalue weighted by Gasteiger charge is -2.26. The molecule has 2 atom stereocenters. The molecular formula is C11H20O3. The van der Waals surface area contributed by atoms with Crippen LogP contribution in [0.25, 0.3) is 0 Å². The van der Waals surface area contributed by atoms with Crippen molar-refractivity contribution in [3.63, 3.8) is 0 Å². The van der Waals surface area contributed by atoms with Crippen molar-refractivity contribution in [1.82, 2.24) is 0 Å². The SMILES string of the molecule is CC(C)C(C(=O)O)C(O)C1CCCC1. The quantitative estimate of drug-likeness (QED) is 0.728. The third-order valence-corrected chi connectivity index (χ3v) is 3.25. The number of hydrogen-bond acceptors (Lipinski definition) is 2. The topological polar surface area (TPSA) is 57.5 Å². The summed E-state index contributed by atoms with van der Waals surface area (Å²) < 4.78 is 0. The summed E-state index contributed by atoms with van der Waals surface area (Å²) in [5.41, 5.74) is 0. The van der Waals surface area contributed by atoms with Crippen molar-refractivity contribution in [2.75, 3.05) is 0 Å². The molecule has 1 saturated carbocycles. The molecule has 1 aliphatic rings. The molecule has 0 amide bonds. The zero-order chi connectivity index (χ0) is 10.7. The second kappa shape index (κ2) is 4.78. The first kappa shape index (κ1) is 11.5. The number of aliphatic carboxylic acids is 1. The van der Waals surface area contributed by atoms with Crippen LogP contribution in [-0.4, -0.2) is 22.3 Å². The van der Waals surface area contributed by atoms with Crippen molar-refractivity contribution in [3.05, 3.63) is 0 Å². The Morgan fingerprint density at radius 3 is 2.14 bits per heavy atom. The number of rotatable bonds is 4. The Morgan fingerprint density at radius 2 is 1.79 bits per heavy atom. The lowest BCUT2D eigenvalue weighted by atomic mass is 9.83. The third-order valence-electron chi connectivity index (χ3n) is 3.25. The smallest absolute Gasteiger partial charge is 0.309 e. The van der Waals surface area contributed by atoms with E-state index in [1.54, 1.807) is 0 Å². The minimum Gasteiger partial charge on any atom is -0.481 e. The molecular weight excluding hydrogens is 180 g/mol. The van der Waals surface area contributed by atoms with Gasteiger partial charge in [0.2, 0.25) is 0 Å². The van der Waals surface area contributed by atoms with Gasteiger partial charge in [0.1, 0.15) is 0 Å². The van der Waals surface area contributed by atoms with Crippen molar-refractivity contribution in [1.29, 1.82) is 0 Å². The van der Waals surface area contributed by atoms with Gasteiger partial charge in [-0.1, -0.05) is 26.7 Å². The van der Waals surface area contributed by atoms with Crippen molar-refractivity contribution in [3.8, 4) is 0 Å². The van der Waals surface area contributed by atoms with Gasteiger partial charge in [0.25, 0.3) is 0 Å². The average molecular weight is 200 g/mol.